The number of pyridine rings is 3. The Balaban J connectivity index is 0.000000167. The van der Waals surface area contributed by atoms with Gasteiger partial charge in [-0.05, 0) is 150 Å². The van der Waals surface area contributed by atoms with Gasteiger partial charge in [0, 0.05) is 109 Å². The second-order valence-corrected chi connectivity index (χ2v) is 35.9. The van der Waals surface area contributed by atoms with E-state index in [0.717, 1.165) is 29.8 Å². The number of fused-ring (bicyclic) bond motifs is 3. The fourth-order valence-electron chi connectivity index (χ4n) is 17.1. The Bertz CT molecular complexity index is 6270. The summed E-state index contributed by atoms with van der Waals surface area (Å²) in [6.45, 7) is 49.9. The first-order valence-corrected chi connectivity index (χ1v) is 44.4. The van der Waals surface area contributed by atoms with Gasteiger partial charge in [-0.3, -0.25) is 24.2 Å². The van der Waals surface area contributed by atoms with Crippen LogP contribution in [0, 0.1) is 17.5 Å². The third kappa shape index (κ3) is 19.5. The predicted molar refractivity (Wildman–Crippen MR) is 506 cm³/mol. The smallest absolute Gasteiger partial charge is 0.352 e. The number of piperazine rings is 3. The zero-order valence-corrected chi connectivity index (χ0v) is 78.3. The van der Waals surface area contributed by atoms with Gasteiger partial charge >= 0.3 is 17.1 Å². The summed E-state index contributed by atoms with van der Waals surface area (Å²) in [5.41, 5.74) is 5.17. The number of nitrogens with zero attached hydrogens (tertiary/aromatic N) is 19. The van der Waals surface area contributed by atoms with Gasteiger partial charge in [-0.1, -0.05) is 174 Å². The Morgan fingerprint density at radius 2 is 0.692 bits per heavy atom. The summed E-state index contributed by atoms with van der Waals surface area (Å²) in [5.74, 6) is -1.16. The highest BCUT2D eigenvalue weighted by Crippen LogP contribution is 2.42. The molecule has 130 heavy (non-hydrogen) atoms. The molecular weight excluding hydrogens is 1720 g/mol. The number of aromatic nitrogens is 15. The van der Waals surface area contributed by atoms with E-state index in [-0.39, 0.29) is 161 Å². The highest BCUT2D eigenvalue weighted by Gasteiger charge is 2.38. The second kappa shape index (κ2) is 40.6. The summed E-state index contributed by atoms with van der Waals surface area (Å²) in [7, 11) is 0. The van der Waals surface area contributed by atoms with E-state index in [1.165, 1.54) is 62.3 Å². The Hall–Kier alpha value is -12.6. The van der Waals surface area contributed by atoms with Crippen molar-refractivity contribution >= 4 is 97.3 Å². The third-order valence-corrected chi connectivity index (χ3v) is 24.1. The Morgan fingerprint density at radius 3 is 0.985 bits per heavy atom. The number of anilines is 2. The fourth-order valence-corrected chi connectivity index (χ4v) is 17.9. The van der Waals surface area contributed by atoms with Crippen molar-refractivity contribution in [3.8, 4) is 50.8 Å². The van der Waals surface area contributed by atoms with Crippen LogP contribution in [0.4, 0.5) is 24.8 Å². The van der Waals surface area contributed by atoms with Gasteiger partial charge in [0.05, 0.1) is 101 Å². The van der Waals surface area contributed by atoms with Crippen LogP contribution in [0.25, 0.3) is 83.9 Å². The maximum atomic E-state index is 15.0. The SMILES string of the molecule is C=CC(=O)N1[C@H](C)CN(c2nc(=O)n(-c3c(C(C)C)cnnc3C(C)C)c3nc(-c4ccccc4F)c(Cl)cc23)C[C@@H]1C.C=CC(=O)N1[C@H](C)CN(c2nc(=O)n(-c3c(C(C)C)cnnc3C(C)C)c3nc(-c4ccccc4F)c(Cl)cc23)C[C@@H]1C.C=CC(=O)N1[C@H](C)CNC[C@@H]1C.CC(C)c1cnnc(C(C)C)c1-n1c(=O)[nH]c(=O)c2cc(Cl)c(-c3ccccc3F)nc21. The van der Waals surface area contributed by atoms with Gasteiger partial charge < -0.3 is 29.8 Å². The van der Waals surface area contributed by atoms with Crippen LogP contribution >= 0.6 is 34.8 Å². The zero-order chi connectivity index (χ0) is 94.6. The van der Waals surface area contributed by atoms with Gasteiger partial charge in [0.2, 0.25) is 17.7 Å². The molecule has 0 radical (unpaired) electrons. The molecule has 3 aliphatic rings. The van der Waals surface area contributed by atoms with Crippen molar-refractivity contribution in [2.24, 2.45) is 0 Å². The molecule has 28 nitrogen and oxygen atoms in total. The van der Waals surface area contributed by atoms with Crippen LogP contribution in [0.1, 0.15) is 194 Å². The molecule has 0 aliphatic carbocycles. The standard InChI is InChI=1S/2C32H35ClFN7O2.C23H21ClFN5O2.C9H16N2O/c2*1-8-26(42)40-19(6)15-39(16-20(40)7)30-22-13-24(33)28(21-11-9-10-12-25(21)34)36-31(22)41(32(43)37-30)29-23(17(2)3)14-35-38-27(29)18(4)5;1-11(2)15-10-26-29-18(12(3)4)20(15)30-21-14(22(31)28-23(30)32)9-16(24)19(27-21)13-7-5-6-8-17(13)25;1-4-9(12)11-7(2)5-10-6-8(11)3/h2*8-14,17-20H,1,15-16H2,2-7H3;5-12H,1-4H3,(H,28,31,32);4,7-8,10H,1,5-6H2,2-3H3/t2*19-,20+;;7-,8+. The lowest BCUT2D eigenvalue weighted by molar-refractivity contribution is -0.131. The van der Waals surface area contributed by atoms with Crippen molar-refractivity contribution in [1.29, 1.82) is 0 Å². The topological polar surface area (TPSA) is 320 Å². The van der Waals surface area contributed by atoms with E-state index in [1.807, 2.05) is 139 Å². The van der Waals surface area contributed by atoms with Crippen molar-refractivity contribution in [1.82, 2.24) is 94.2 Å². The summed E-state index contributed by atoms with van der Waals surface area (Å²) < 4.78 is 48.8. The number of halogens is 6. The van der Waals surface area contributed by atoms with E-state index in [1.54, 1.807) is 89.1 Å². The van der Waals surface area contributed by atoms with Crippen LogP contribution in [0.2, 0.25) is 15.1 Å². The van der Waals surface area contributed by atoms with Crippen LogP contribution in [-0.2, 0) is 14.4 Å². The van der Waals surface area contributed by atoms with Crippen LogP contribution in [-0.4, -0.2) is 182 Å². The van der Waals surface area contributed by atoms with Gasteiger partial charge in [-0.25, -0.2) is 56.2 Å². The lowest BCUT2D eigenvalue weighted by Gasteiger charge is -2.44. The first-order valence-electron chi connectivity index (χ1n) is 43.2. The molecule has 680 valence electrons. The third-order valence-electron chi connectivity index (χ3n) is 23.2. The number of benzene rings is 3. The van der Waals surface area contributed by atoms with Crippen molar-refractivity contribution < 1.29 is 27.6 Å². The molecule has 9 aromatic heterocycles. The van der Waals surface area contributed by atoms with Gasteiger partial charge in [0.15, 0.2) is 16.9 Å². The van der Waals surface area contributed by atoms with E-state index in [4.69, 9.17) is 44.8 Å². The summed E-state index contributed by atoms with van der Waals surface area (Å²) in [6, 6.07) is 23.2. The van der Waals surface area contributed by atoms with Gasteiger partial charge in [0.25, 0.3) is 5.56 Å². The number of hydrogen-bond acceptors (Lipinski definition) is 21. The minimum atomic E-state index is -0.673. The van der Waals surface area contributed by atoms with E-state index >= 15 is 8.78 Å². The molecule has 3 saturated heterocycles. The molecule has 3 aliphatic heterocycles. The number of nitrogens with one attached hydrogen (secondary N) is 2. The molecule has 0 spiro atoms. The summed E-state index contributed by atoms with van der Waals surface area (Å²) in [6.07, 6.45) is 8.93. The highest BCUT2D eigenvalue weighted by molar-refractivity contribution is 6.35. The van der Waals surface area contributed by atoms with E-state index < -0.39 is 40.1 Å². The van der Waals surface area contributed by atoms with Gasteiger partial charge in [-0.15, -0.1) is 0 Å². The number of hydrogen-bond donors (Lipinski definition) is 2. The van der Waals surface area contributed by atoms with Crippen LogP contribution < -0.4 is 37.7 Å². The van der Waals surface area contributed by atoms with Crippen molar-refractivity contribution in [2.75, 3.05) is 49.1 Å². The number of carbonyl (C=O) groups excluding carboxylic acids is 3. The molecule has 3 fully saturated rings. The minimum absolute atomic E-state index is 0.000128. The normalized spacial score (nSPS) is 17.0. The molecule has 0 unspecified atom stereocenters. The average Bonchev–Trinajstić information content (AvgIpc) is 0.733. The lowest BCUT2D eigenvalue weighted by atomic mass is 9.98. The highest BCUT2D eigenvalue weighted by atomic mass is 35.5. The maximum absolute atomic E-state index is 15.0. The van der Waals surface area contributed by atoms with Crippen LogP contribution in [0.15, 0.2) is 167 Å². The van der Waals surface area contributed by atoms with Gasteiger partial charge in [-0.2, -0.15) is 40.6 Å². The number of aromatic amines is 1. The van der Waals surface area contributed by atoms with E-state index in [0.29, 0.717) is 82.7 Å². The van der Waals surface area contributed by atoms with Crippen LogP contribution in [0.5, 0.6) is 0 Å². The first-order chi connectivity index (χ1) is 61.7. The summed E-state index contributed by atoms with van der Waals surface area (Å²) >= 11 is 20.0. The summed E-state index contributed by atoms with van der Waals surface area (Å²) in [4.78, 5) is 126. The van der Waals surface area contributed by atoms with Crippen LogP contribution in [0.3, 0.4) is 0 Å². The molecule has 12 heterocycles. The average molecular weight is 1830 g/mol. The monoisotopic (exact) mass is 1830 g/mol. The second-order valence-electron chi connectivity index (χ2n) is 34.7. The Kier molecular flexibility index (Phi) is 30.1. The molecule has 3 amide bonds. The quantitative estimate of drug-likeness (QED) is 0.0800. The number of amides is 3. The van der Waals surface area contributed by atoms with Crippen molar-refractivity contribution in [3.63, 3.8) is 0 Å². The lowest BCUT2D eigenvalue weighted by Crippen LogP contribution is -2.58. The molecule has 3 aromatic carbocycles. The van der Waals surface area contributed by atoms with E-state index in [2.05, 4.69) is 75.6 Å². The Labute approximate surface area is 766 Å². The summed E-state index contributed by atoms with van der Waals surface area (Å²) in [5, 5.41) is 30.6. The molecule has 6 atom stereocenters. The largest absolute Gasteiger partial charge is 0.355 e. The minimum Gasteiger partial charge on any atom is -0.352 e. The molecule has 12 aromatic rings. The molecule has 15 rings (SSSR count). The molecular formula is C96H107Cl3F3N21O7. The molecule has 2 N–H and O–H groups in total. The maximum Gasteiger partial charge on any atom is 0.355 e. The molecule has 0 saturated carbocycles. The van der Waals surface area contributed by atoms with Gasteiger partial charge in [0.1, 0.15) is 29.1 Å². The van der Waals surface area contributed by atoms with Crippen molar-refractivity contribution in [3.05, 3.63) is 256 Å². The number of carbonyl (C=O) groups is 3. The first kappa shape index (κ1) is 96.5. The molecule has 34 heteroatoms. The molecule has 0 bridgehead atoms. The predicted octanol–water partition coefficient (Wildman–Crippen LogP) is 16.7. The number of H-pyrrole nitrogens is 1. The number of rotatable bonds is 17. The van der Waals surface area contributed by atoms with E-state index in [9.17, 15) is 38.0 Å². The zero-order valence-electron chi connectivity index (χ0n) is 76.0. The fraction of sp³-hybridized carbons (Fsp3) is 0.375. The van der Waals surface area contributed by atoms with Crippen molar-refractivity contribution in [2.45, 2.75) is 196 Å². The Morgan fingerprint density at radius 1 is 0.408 bits per heavy atom.